The van der Waals surface area contributed by atoms with Crippen LogP contribution in [0.5, 0.6) is 5.75 Å². The van der Waals surface area contributed by atoms with Crippen molar-refractivity contribution in [2.45, 2.75) is 33.2 Å². The highest BCUT2D eigenvalue weighted by molar-refractivity contribution is 6.39. The van der Waals surface area contributed by atoms with Gasteiger partial charge in [0.1, 0.15) is 5.75 Å². The number of nitrogens with zero attached hydrogens (tertiary/aromatic N) is 1. The number of hydrogen-bond donors (Lipinski definition) is 1. The molecule has 2 aromatic rings. The predicted octanol–water partition coefficient (Wildman–Crippen LogP) is 3.96. The fourth-order valence-electron chi connectivity index (χ4n) is 3.21. The Morgan fingerprint density at radius 1 is 1.26 bits per heavy atom. The maximum atomic E-state index is 12.5. The summed E-state index contributed by atoms with van der Waals surface area (Å²) in [5, 5.41) is 3.03. The summed E-state index contributed by atoms with van der Waals surface area (Å²) in [7, 11) is 0. The van der Waals surface area contributed by atoms with Gasteiger partial charge >= 0.3 is 11.8 Å². The molecule has 0 unspecified atom stereocenters. The van der Waals surface area contributed by atoms with Crippen molar-refractivity contribution in [2.24, 2.45) is 0 Å². The summed E-state index contributed by atoms with van der Waals surface area (Å²) in [5.74, 6) is -0.639. The lowest BCUT2D eigenvalue weighted by Crippen LogP contribution is -2.42. The van der Waals surface area contributed by atoms with Crippen molar-refractivity contribution in [3.05, 3.63) is 58.1 Å². The summed E-state index contributed by atoms with van der Waals surface area (Å²) in [6.45, 7) is 5.64. The first kappa shape index (κ1) is 19.2. The minimum atomic E-state index is -0.663. The Balaban J connectivity index is 1.64. The van der Waals surface area contributed by atoms with Gasteiger partial charge in [0.2, 0.25) is 0 Å². The van der Waals surface area contributed by atoms with Crippen molar-refractivity contribution in [1.29, 1.82) is 0 Å². The second kappa shape index (κ2) is 8.44. The van der Waals surface area contributed by atoms with Crippen LogP contribution in [-0.4, -0.2) is 29.9 Å². The second-order valence-corrected chi connectivity index (χ2v) is 7.04. The number of hydrogen-bond acceptors (Lipinski definition) is 3. The van der Waals surface area contributed by atoms with Crippen molar-refractivity contribution in [2.75, 3.05) is 18.5 Å². The van der Waals surface area contributed by atoms with Gasteiger partial charge in [0.05, 0.1) is 11.6 Å². The Bertz CT molecular complexity index is 867. The molecule has 3 rings (SSSR count). The lowest BCUT2D eigenvalue weighted by atomic mass is 9.95. The molecule has 142 valence electrons. The quantitative estimate of drug-likeness (QED) is 0.809. The standard InChI is InChI=1S/C21H23ClN2O3/c1-3-11-27-19-8-7-16(12-18(19)22)23-20(25)21(26)24-10-9-17-14(2)5-4-6-15(17)13-24/h4-8,12H,3,9-11,13H2,1-2H3,(H,23,25). The Morgan fingerprint density at radius 3 is 2.81 bits per heavy atom. The van der Waals surface area contributed by atoms with Gasteiger partial charge in [0.25, 0.3) is 0 Å². The zero-order valence-corrected chi connectivity index (χ0v) is 16.3. The minimum Gasteiger partial charge on any atom is -0.492 e. The zero-order chi connectivity index (χ0) is 19.4. The summed E-state index contributed by atoms with van der Waals surface area (Å²) in [6.07, 6.45) is 1.64. The topological polar surface area (TPSA) is 58.6 Å². The molecule has 0 aliphatic carbocycles. The number of fused-ring (bicyclic) bond motifs is 1. The van der Waals surface area contributed by atoms with Crippen molar-refractivity contribution < 1.29 is 14.3 Å². The number of aryl methyl sites for hydroxylation is 1. The number of carbonyl (C=O) groups is 2. The van der Waals surface area contributed by atoms with Crippen molar-refractivity contribution in [1.82, 2.24) is 4.90 Å². The highest BCUT2D eigenvalue weighted by Crippen LogP contribution is 2.28. The van der Waals surface area contributed by atoms with Crippen LogP contribution in [0.15, 0.2) is 36.4 Å². The van der Waals surface area contributed by atoms with E-state index in [9.17, 15) is 9.59 Å². The molecule has 0 aromatic heterocycles. The molecule has 27 heavy (non-hydrogen) atoms. The molecule has 2 aromatic carbocycles. The van der Waals surface area contributed by atoms with Crippen LogP contribution >= 0.6 is 11.6 Å². The van der Waals surface area contributed by atoms with Crippen molar-refractivity contribution >= 4 is 29.1 Å². The monoisotopic (exact) mass is 386 g/mol. The van der Waals surface area contributed by atoms with E-state index in [0.717, 1.165) is 18.4 Å². The van der Waals surface area contributed by atoms with Crippen LogP contribution in [0.4, 0.5) is 5.69 Å². The molecule has 0 spiro atoms. The number of anilines is 1. The first-order valence-electron chi connectivity index (χ1n) is 9.09. The van der Waals surface area contributed by atoms with Crippen LogP contribution in [0.1, 0.15) is 30.0 Å². The fourth-order valence-corrected chi connectivity index (χ4v) is 3.44. The Morgan fingerprint density at radius 2 is 2.07 bits per heavy atom. The van der Waals surface area contributed by atoms with Gasteiger partial charge in [-0.2, -0.15) is 0 Å². The lowest BCUT2D eigenvalue weighted by Gasteiger charge is -2.29. The van der Waals surface area contributed by atoms with E-state index in [1.807, 2.05) is 19.1 Å². The van der Waals surface area contributed by atoms with E-state index in [4.69, 9.17) is 16.3 Å². The first-order valence-corrected chi connectivity index (χ1v) is 9.47. The molecule has 5 nitrogen and oxygen atoms in total. The van der Waals surface area contributed by atoms with Gasteiger partial charge in [-0.25, -0.2) is 0 Å². The first-order chi connectivity index (χ1) is 13.0. The lowest BCUT2D eigenvalue weighted by molar-refractivity contribution is -0.143. The van der Waals surface area contributed by atoms with Gasteiger partial charge in [-0.3, -0.25) is 9.59 Å². The molecule has 0 fully saturated rings. The van der Waals surface area contributed by atoms with Gasteiger partial charge in [0, 0.05) is 18.8 Å². The normalized spacial score (nSPS) is 13.1. The molecule has 1 heterocycles. The number of carbonyl (C=O) groups excluding carboxylic acids is 2. The maximum absolute atomic E-state index is 12.5. The smallest absolute Gasteiger partial charge is 0.313 e. The van der Waals surface area contributed by atoms with Crippen LogP contribution in [0.25, 0.3) is 0 Å². The molecule has 0 radical (unpaired) electrons. The van der Waals surface area contributed by atoms with Crippen LogP contribution in [0.3, 0.4) is 0 Å². The second-order valence-electron chi connectivity index (χ2n) is 6.64. The van der Waals surface area contributed by atoms with Crippen LogP contribution in [0, 0.1) is 6.92 Å². The minimum absolute atomic E-state index is 0.399. The van der Waals surface area contributed by atoms with E-state index in [0.29, 0.717) is 36.2 Å². The van der Waals surface area contributed by atoms with Crippen molar-refractivity contribution in [3.8, 4) is 5.75 Å². The molecule has 0 saturated heterocycles. The molecule has 2 amide bonds. The van der Waals surface area contributed by atoms with Crippen molar-refractivity contribution in [3.63, 3.8) is 0 Å². The molecule has 1 N–H and O–H groups in total. The third-order valence-electron chi connectivity index (χ3n) is 4.63. The number of ether oxygens (including phenoxy) is 1. The number of amides is 2. The molecule has 0 atom stereocenters. The number of benzene rings is 2. The highest BCUT2D eigenvalue weighted by atomic mass is 35.5. The zero-order valence-electron chi connectivity index (χ0n) is 15.5. The largest absolute Gasteiger partial charge is 0.492 e. The summed E-state index contributed by atoms with van der Waals surface area (Å²) >= 11 is 6.18. The summed E-state index contributed by atoms with van der Waals surface area (Å²) in [6, 6.07) is 11.0. The third-order valence-corrected chi connectivity index (χ3v) is 4.93. The van der Waals surface area contributed by atoms with Gasteiger partial charge in [-0.05, 0) is 54.7 Å². The van der Waals surface area contributed by atoms with Gasteiger partial charge < -0.3 is 15.0 Å². The van der Waals surface area contributed by atoms with Gasteiger partial charge in [-0.1, -0.05) is 36.7 Å². The molecule has 6 heteroatoms. The average molecular weight is 387 g/mol. The van der Waals surface area contributed by atoms with E-state index in [1.54, 1.807) is 23.1 Å². The maximum Gasteiger partial charge on any atom is 0.313 e. The highest BCUT2D eigenvalue weighted by Gasteiger charge is 2.26. The fraction of sp³-hybridized carbons (Fsp3) is 0.333. The van der Waals surface area contributed by atoms with Crippen LogP contribution in [0.2, 0.25) is 5.02 Å². The number of rotatable bonds is 4. The number of halogens is 1. The Labute approximate surface area is 164 Å². The molecular formula is C21H23ClN2O3. The van der Waals surface area contributed by atoms with Crippen LogP contribution < -0.4 is 10.1 Å². The number of nitrogens with one attached hydrogen (secondary N) is 1. The van der Waals surface area contributed by atoms with E-state index >= 15 is 0 Å². The van der Waals surface area contributed by atoms with Gasteiger partial charge in [-0.15, -0.1) is 0 Å². The summed E-state index contributed by atoms with van der Waals surface area (Å²) < 4.78 is 5.51. The van der Waals surface area contributed by atoms with Gasteiger partial charge in [0.15, 0.2) is 0 Å². The molecule has 1 aliphatic heterocycles. The predicted molar refractivity (Wildman–Crippen MR) is 106 cm³/mol. The third kappa shape index (κ3) is 4.42. The van der Waals surface area contributed by atoms with E-state index in [1.165, 1.54) is 11.1 Å². The van der Waals surface area contributed by atoms with E-state index in [2.05, 4.69) is 18.3 Å². The summed E-state index contributed by atoms with van der Waals surface area (Å²) in [5.41, 5.74) is 4.07. The van der Waals surface area contributed by atoms with E-state index in [-0.39, 0.29) is 0 Å². The Kier molecular flexibility index (Phi) is 6.01. The van der Waals surface area contributed by atoms with Crippen LogP contribution in [-0.2, 0) is 22.6 Å². The SMILES string of the molecule is CCCOc1ccc(NC(=O)C(=O)N2CCc3c(C)cccc3C2)cc1Cl. The Hall–Kier alpha value is -2.53. The van der Waals surface area contributed by atoms with E-state index < -0.39 is 11.8 Å². The molecule has 0 saturated carbocycles. The average Bonchev–Trinajstić information content (AvgIpc) is 2.66. The molecule has 0 bridgehead atoms. The molecular weight excluding hydrogens is 364 g/mol. The summed E-state index contributed by atoms with van der Waals surface area (Å²) in [4.78, 5) is 26.5. The molecule has 1 aliphatic rings.